The van der Waals surface area contributed by atoms with Gasteiger partial charge in [0.25, 0.3) is 0 Å². The van der Waals surface area contributed by atoms with Crippen LogP contribution in [-0.2, 0) is 28.6 Å². The monoisotopic (exact) mass is 1060 g/mol. The first-order valence-corrected chi connectivity index (χ1v) is 32.2. The van der Waals surface area contributed by atoms with Crippen LogP contribution < -0.4 is 0 Å². The van der Waals surface area contributed by atoms with Crippen LogP contribution in [0, 0.1) is 0 Å². The van der Waals surface area contributed by atoms with Crippen molar-refractivity contribution >= 4 is 17.9 Å². The van der Waals surface area contributed by atoms with Crippen LogP contribution in [0.3, 0.4) is 0 Å². The Bertz CT molecular complexity index is 1490. The molecule has 0 aromatic carbocycles. The van der Waals surface area contributed by atoms with Crippen molar-refractivity contribution in [2.45, 2.75) is 316 Å². The fraction of sp³-hybridized carbons (Fsp3) is 0.729. The van der Waals surface area contributed by atoms with Gasteiger partial charge in [-0.25, -0.2) is 0 Å². The molecule has 1 unspecified atom stereocenters. The quantitative estimate of drug-likeness (QED) is 0.0261. The average Bonchev–Trinajstić information content (AvgIpc) is 3.42. The van der Waals surface area contributed by atoms with Gasteiger partial charge in [-0.1, -0.05) is 304 Å². The van der Waals surface area contributed by atoms with Crippen LogP contribution >= 0.6 is 0 Å². The van der Waals surface area contributed by atoms with Crippen molar-refractivity contribution < 1.29 is 28.6 Å². The second-order valence-electron chi connectivity index (χ2n) is 21.3. The van der Waals surface area contributed by atoms with E-state index in [2.05, 4.69) is 118 Å². The maximum absolute atomic E-state index is 12.9. The molecule has 0 heterocycles. The number of hydrogen-bond donors (Lipinski definition) is 0. The first-order valence-electron chi connectivity index (χ1n) is 32.2. The van der Waals surface area contributed by atoms with Gasteiger partial charge in [0.2, 0.25) is 0 Å². The summed E-state index contributed by atoms with van der Waals surface area (Å²) in [4.78, 5) is 38.1. The SMILES string of the molecule is CC/C=C\C/C=C\C/C=C\C/C=C\C/C=C\C/C=C\C/C=C\C/C=C\CCCCCCC(=O)OCC(COC(=O)CCCCCCCCCC)OC(=O)CCCCCCCCCCCCCCCCCCCCCCC. The number of hydrogen-bond acceptors (Lipinski definition) is 6. The van der Waals surface area contributed by atoms with E-state index in [0.717, 1.165) is 122 Å². The summed E-state index contributed by atoms with van der Waals surface area (Å²) in [6.45, 7) is 6.51. The molecule has 6 nitrogen and oxygen atoms in total. The molecule has 0 aliphatic carbocycles. The maximum atomic E-state index is 12.9. The van der Waals surface area contributed by atoms with Gasteiger partial charge >= 0.3 is 17.9 Å². The minimum atomic E-state index is -0.785. The molecule has 0 amide bonds. The maximum Gasteiger partial charge on any atom is 0.306 e. The third-order valence-corrected chi connectivity index (χ3v) is 13.9. The van der Waals surface area contributed by atoms with E-state index in [9.17, 15) is 14.4 Å². The van der Waals surface area contributed by atoms with Crippen LogP contribution in [0.25, 0.3) is 0 Å². The second-order valence-corrected chi connectivity index (χ2v) is 21.3. The number of esters is 3. The van der Waals surface area contributed by atoms with E-state index in [-0.39, 0.29) is 31.1 Å². The summed E-state index contributed by atoms with van der Waals surface area (Å²) in [5.41, 5.74) is 0. The molecule has 0 aliphatic rings. The first-order chi connectivity index (χ1) is 37.5. The predicted molar refractivity (Wildman–Crippen MR) is 330 cm³/mol. The van der Waals surface area contributed by atoms with Gasteiger partial charge in [-0.15, -0.1) is 0 Å². The molecule has 0 aromatic rings. The van der Waals surface area contributed by atoms with Crippen molar-refractivity contribution in [3.05, 3.63) is 97.2 Å². The third kappa shape index (κ3) is 61.2. The van der Waals surface area contributed by atoms with Crippen molar-refractivity contribution in [1.82, 2.24) is 0 Å². The topological polar surface area (TPSA) is 78.9 Å². The van der Waals surface area contributed by atoms with E-state index in [1.807, 2.05) is 0 Å². The summed E-state index contributed by atoms with van der Waals surface area (Å²) >= 11 is 0. The third-order valence-electron chi connectivity index (χ3n) is 13.9. The zero-order valence-electron chi connectivity index (χ0n) is 50.0. The lowest BCUT2D eigenvalue weighted by molar-refractivity contribution is -0.167. The van der Waals surface area contributed by atoms with Gasteiger partial charge < -0.3 is 14.2 Å². The van der Waals surface area contributed by atoms with Crippen LogP contribution in [-0.4, -0.2) is 37.2 Å². The Labute approximate surface area is 470 Å². The van der Waals surface area contributed by atoms with Crippen molar-refractivity contribution in [3.63, 3.8) is 0 Å². The van der Waals surface area contributed by atoms with E-state index in [1.165, 1.54) is 148 Å². The van der Waals surface area contributed by atoms with Crippen molar-refractivity contribution in [2.75, 3.05) is 13.2 Å². The van der Waals surface area contributed by atoms with Gasteiger partial charge in [-0.05, 0) is 83.5 Å². The Hall–Kier alpha value is -3.67. The van der Waals surface area contributed by atoms with Crippen LogP contribution in [0.1, 0.15) is 310 Å². The number of carbonyl (C=O) groups is 3. The smallest absolute Gasteiger partial charge is 0.306 e. The number of ether oxygens (including phenoxy) is 3. The van der Waals surface area contributed by atoms with Crippen molar-refractivity contribution in [2.24, 2.45) is 0 Å². The molecule has 0 rings (SSSR count). The molecule has 0 bridgehead atoms. The number of carbonyl (C=O) groups excluding carboxylic acids is 3. The molecule has 76 heavy (non-hydrogen) atoms. The Morgan fingerprint density at radius 2 is 0.513 bits per heavy atom. The highest BCUT2D eigenvalue weighted by atomic mass is 16.6. The minimum Gasteiger partial charge on any atom is -0.462 e. The summed E-state index contributed by atoms with van der Waals surface area (Å²) in [5.74, 6) is -0.902. The summed E-state index contributed by atoms with van der Waals surface area (Å²) in [5, 5.41) is 0. The van der Waals surface area contributed by atoms with Gasteiger partial charge in [0.1, 0.15) is 13.2 Å². The largest absolute Gasteiger partial charge is 0.462 e. The Morgan fingerprint density at radius 3 is 0.803 bits per heavy atom. The normalized spacial score (nSPS) is 12.7. The Balaban J connectivity index is 4.24. The predicted octanol–water partition coefficient (Wildman–Crippen LogP) is 22.0. The molecular weight excluding hydrogens is 937 g/mol. The highest BCUT2D eigenvalue weighted by Crippen LogP contribution is 2.17. The first kappa shape index (κ1) is 72.3. The van der Waals surface area contributed by atoms with Gasteiger partial charge in [-0.3, -0.25) is 14.4 Å². The summed E-state index contributed by atoms with van der Waals surface area (Å²) in [6.07, 6.45) is 85.7. The lowest BCUT2D eigenvalue weighted by Crippen LogP contribution is -2.30. The minimum absolute atomic E-state index is 0.0824. The molecule has 6 heteroatoms. The highest BCUT2D eigenvalue weighted by molar-refractivity contribution is 5.71. The molecule has 0 fully saturated rings. The molecule has 0 saturated carbocycles. The fourth-order valence-corrected chi connectivity index (χ4v) is 9.05. The lowest BCUT2D eigenvalue weighted by atomic mass is 10.0. The van der Waals surface area contributed by atoms with E-state index in [1.54, 1.807) is 0 Å². The summed E-state index contributed by atoms with van der Waals surface area (Å²) in [7, 11) is 0. The molecular formula is C70H120O6. The lowest BCUT2D eigenvalue weighted by Gasteiger charge is -2.18. The number of allylic oxidation sites excluding steroid dienone is 16. The van der Waals surface area contributed by atoms with Gasteiger partial charge in [-0.2, -0.15) is 0 Å². The van der Waals surface area contributed by atoms with E-state index in [0.29, 0.717) is 19.3 Å². The van der Waals surface area contributed by atoms with E-state index >= 15 is 0 Å². The number of rotatable bonds is 58. The average molecular weight is 1060 g/mol. The molecule has 0 saturated heterocycles. The van der Waals surface area contributed by atoms with Crippen LogP contribution in [0.5, 0.6) is 0 Å². The van der Waals surface area contributed by atoms with Gasteiger partial charge in [0, 0.05) is 19.3 Å². The van der Waals surface area contributed by atoms with Crippen LogP contribution in [0.4, 0.5) is 0 Å². The van der Waals surface area contributed by atoms with Crippen molar-refractivity contribution in [1.29, 1.82) is 0 Å². The zero-order chi connectivity index (χ0) is 55.0. The molecule has 0 spiro atoms. The van der Waals surface area contributed by atoms with Gasteiger partial charge in [0.05, 0.1) is 0 Å². The molecule has 0 N–H and O–H groups in total. The summed E-state index contributed by atoms with van der Waals surface area (Å²) in [6, 6.07) is 0. The molecule has 436 valence electrons. The number of unbranched alkanes of at least 4 members (excludes halogenated alkanes) is 31. The van der Waals surface area contributed by atoms with E-state index in [4.69, 9.17) is 14.2 Å². The van der Waals surface area contributed by atoms with Gasteiger partial charge in [0.15, 0.2) is 6.10 Å². The molecule has 1 atom stereocenters. The Morgan fingerprint density at radius 1 is 0.276 bits per heavy atom. The summed E-state index contributed by atoms with van der Waals surface area (Å²) < 4.78 is 16.8. The van der Waals surface area contributed by atoms with E-state index < -0.39 is 6.10 Å². The van der Waals surface area contributed by atoms with Crippen LogP contribution in [0.15, 0.2) is 97.2 Å². The molecule has 0 radical (unpaired) electrons. The molecule has 0 aromatic heterocycles. The highest BCUT2D eigenvalue weighted by Gasteiger charge is 2.19. The standard InChI is InChI=1S/C70H120O6/c1-4-7-10-13-16-19-21-23-25-27-29-31-32-33-34-35-36-37-38-40-41-43-45-47-49-51-54-57-60-63-69(72)75-66-67(65-74-68(71)62-59-56-53-18-15-12-9-6-3)76-70(73)64-61-58-55-52-50-48-46-44-42-39-30-28-26-24-22-20-17-14-11-8-5-2/h7,10,16,19,23,25,29,31,33-34,36-37,40-41,45,47,67H,4-6,8-9,11-15,17-18,20-22,24,26-28,30,32,35,38-39,42-44,46,48-66H2,1-3H3/b10-7-,19-16-,25-23-,31-29-,34-33-,37-36-,41-40-,47-45-. The zero-order valence-corrected chi connectivity index (χ0v) is 50.0. The Kier molecular flexibility index (Phi) is 60.8. The van der Waals surface area contributed by atoms with Crippen molar-refractivity contribution in [3.8, 4) is 0 Å². The second kappa shape index (κ2) is 63.9. The molecule has 0 aliphatic heterocycles. The van der Waals surface area contributed by atoms with Crippen LogP contribution in [0.2, 0.25) is 0 Å². The fourth-order valence-electron chi connectivity index (χ4n) is 9.05.